The minimum Gasteiger partial charge on any atom is -0.341 e. The summed E-state index contributed by atoms with van der Waals surface area (Å²) >= 11 is 0. The van der Waals surface area contributed by atoms with Crippen LogP contribution < -0.4 is 4.90 Å². The molecule has 2 heteroatoms. The smallest absolute Gasteiger partial charge is 0.150 e. The quantitative estimate of drug-likeness (QED) is 0.566. The molecule has 0 amide bonds. The zero-order chi connectivity index (χ0) is 19.0. The molecule has 1 aromatic carbocycles. The van der Waals surface area contributed by atoms with Crippen LogP contribution in [0.25, 0.3) is 0 Å². The highest BCUT2D eigenvalue weighted by Crippen LogP contribution is 2.29. The standard InChI is InChI=1S/C16H17NO.3C2H6/c1-3-14-6-5-11-17(16(14)4-2)15-9-7-13(12-18)8-10-15;3*1-2/h3-4,7-10,12H,1-2,5-6,11H2;3*1-2H3. The van der Waals surface area contributed by atoms with Crippen molar-refractivity contribution in [1.82, 2.24) is 0 Å². The zero-order valence-electron chi connectivity index (χ0n) is 16.4. The molecule has 24 heavy (non-hydrogen) atoms. The van der Waals surface area contributed by atoms with Gasteiger partial charge in [-0.05, 0) is 48.8 Å². The normalized spacial score (nSPS) is 12.3. The van der Waals surface area contributed by atoms with E-state index >= 15 is 0 Å². The lowest BCUT2D eigenvalue weighted by Crippen LogP contribution is -2.27. The second-order valence-electron chi connectivity index (χ2n) is 4.28. The van der Waals surface area contributed by atoms with Gasteiger partial charge in [0.1, 0.15) is 6.29 Å². The second-order valence-corrected chi connectivity index (χ2v) is 4.28. The number of hydrogen-bond donors (Lipinski definition) is 0. The van der Waals surface area contributed by atoms with Crippen LogP contribution in [-0.2, 0) is 0 Å². The second kappa shape index (κ2) is 15.8. The molecule has 0 fully saturated rings. The van der Waals surface area contributed by atoms with Gasteiger partial charge < -0.3 is 4.90 Å². The van der Waals surface area contributed by atoms with Crippen LogP contribution in [0.5, 0.6) is 0 Å². The Morgan fingerprint density at radius 1 is 0.917 bits per heavy atom. The Labute approximate surface area is 149 Å². The van der Waals surface area contributed by atoms with Gasteiger partial charge in [-0.25, -0.2) is 0 Å². The fourth-order valence-corrected chi connectivity index (χ4v) is 2.30. The Kier molecular flexibility index (Phi) is 15.9. The summed E-state index contributed by atoms with van der Waals surface area (Å²) in [4.78, 5) is 12.9. The fourth-order valence-electron chi connectivity index (χ4n) is 2.30. The van der Waals surface area contributed by atoms with E-state index in [1.54, 1.807) is 0 Å². The third-order valence-corrected chi connectivity index (χ3v) is 3.23. The maximum Gasteiger partial charge on any atom is 0.150 e. The van der Waals surface area contributed by atoms with Crippen molar-refractivity contribution in [1.29, 1.82) is 0 Å². The summed E-state index contributed by atoms with van der Waals surface area (Å²) in [5.74, 6) is 0. The molecule has 1 aliphatic rings. The predicted octanol–water partition coefficient (Wildman–Crippen LogP) is 6.80. The third-order valence-electron chi connectivity index (χ3n) is 3.23. The number of hydrogen-bond acceptors (Lipinski definition) is 2. The highest BCUT2D eigenvalue weighted by Gasteiger charge is 2.17. The van der Waals surface area contributed by atoms with Crippen molar-refractivity contribution in [3.05, 3.63) is 66.4 Å². The summed E-state index contributed by atoms with van der Waals surface area (Å²) in [5.41, 5.74) is 4.14. The van der Waals surface area contributed by atoms with Crippen molar-refractivity contribution in [3.8, 4) is 0 Å². The first-order valence-corrected chi connectivity index (χ1v) is 9.11. The van der Waals surface area contributed by atoms with E-state index in [0.717, 1.165) is 37.1 Å². The molecule has 134 valence electrons. The molecule has 0 bridgehead atoms. The van der Waals surface area contributed by atoms with Gasteiger partial charge >= 0.3 is 0 Å². The lowest BCUT2D eigenvalue weighted by Gasteiger charge is -2.31. The number of benzene rings is 1. The maximum absolute atomic E-state index is 10.7. The van der Waals surface area contributed by atoms with Crippen LogP contribution in [0.3, 0.4) is 0 Å². The first-order chi connectivity index (χ1) is 11.8. The predicted molar refractivity (Wildman–Crippen MR) is 110 cm³/mol. The number of allylic oxidation sites excluding steroid dienone is 3. The molecule has 0 aliphatic carbocycles. The molecular weight excluding hydrogens is 294 g/mol. The molecular formula is C22H35NO. The third kappa shape index (κ3) is 6.99. The Morgan fingerprint density at radius 3 is 1.88 bits per heavy atom. The van der Waals surface area contributed by atoms with Crippen molar-refractivity contribution < 1.29 is 4.79 Å². The topological polar surface area (TPSA) is 20.3 Å². The fraction of sp³-hybridized carbons (Fsp3) is 0.409. The molecule has 1 heterocycles. The highest BCUT2D eigenvalue weighted by atomic mass is 16.1. The Morgan fingerprint density at radius 2 is 1.46 bits per heavy atom. The van der Waals surface area contributed by atoms with Gasteiger partial charge in [-0.2, -0.15) is 0 Å². The lowest BCUT2D eigenvalue weighted by atomic mass is 10.0. The number of anilines is 1. The van der Waals surface area contributed by atoms with Crippen molar-refractivity contribution in [2.75, 3.05) is 11.4 Å². The van der Waals surface area contributed by atoms with Crippen LogP contribution in [0.15, 0.2) is 60.8 Å². The molecule has 0 spiro atoms. The molecule has 2 rings (SSSR count). The Bertz CT molecular complexity index is 497. The van der Waals surface area contributed by atoms with Gasteiger partial charge in [0, 0.05) is 23.5 Å². The zero-order valence-corrected chi connectivity index (χ0v) is 16.4. The molecule has 0 radical (unpaired) electrons. The summed E-state index contributed by atoms with van der Waals surface area (Å²) in [5, 5.41) is 0. The van der Waals surface area contributed by atoms with Gasteiger partial charge in [-0.1, -0.05) is 60.8 Å². The van der Waals surface area contributed by atoms with Crippen molar-refractivity contribution in [3.63, 3.8) is 0 Å². The first-order valence-electron chi connectivity index (χ1n) is 9.11. The van der Waals surface area contributed by atoms with Gasteiger partial charge in [0.05, 0.1) is 0 Å². The van der Waals surface area contributed by atoms with E-state index in [9.17, 15) is 4.79 Å². The van der Waals surface area contributed by atoms with Gasteiger partial charge in [-0.3, -0.25) is 4.79 Å². The molecule has 0 N–H and O–H groups in total. The van der Waals surface area contributed by atoms with E-state index in [2.05, 4.69) is 18.1 Å². The van der Waals surface area contributed by atoms with Gasteiger partial charge in [0.25, 0.3) is 0 Å². The summed E-state index contributed by atoms with van der Waals surface area (Å²) in [6.45, 7) is 20.7. The highest BCUT2D eigenvalue weighted by molar-refractivity contribution is 5.76. The van der Waals surface area contributed by atoms with Crippen molar-refractivity contribution in [2.45, 2.75) is 54.4 Å². The van der Waals surface area contributed by atoms with Gasteiger partial charge in [-0.15, -0.1) is 0 Å². The molecule has 0 saturated heterocycles. The summed E-state index contributed by atoms with van der Waals surface area (Å²) in [6, 6.07) is 7.62. The number of carbonyl (C=O) groups excluding carboxylic acids is 1. The Hall–Kier alpha value is -2.09. The van der Waals surface area contributed by atoms with E-state index in [4.69, 9.17) is 0 Å². The first kappa shape index (κ1) is 24.2. The van der Waals surface area contributed by atoms with Gasteiger partial charge in [0.2, 0.25) is 0 Å². The molecule has 1 aliphatic heterocycles. The van der Waals surface area contributed by atoms with Crippen LogP contribution in [0.1, 0.15) is 64.7 Å². The number of rotatable bonds is 4. The summed E-state index contributed by atoms with van der Waals surface area (Å²) in [7, 11) is 0. The lowest BCUT2D eigenvalue weighted by molar-refractivity contribution is 0.112. The van der Waals surface area contributed by atoms with Crippen LogP contribution in [0.4, 0.5) is 5.69 Å². The molecule has 0 saturated carbocycles. The van der Waals surface area contributed by atoms with Crippen molar-refractivity contribution in [2.24, 2.45) is 0 Å². The van der Waals surface area contributed by atoms with Gasteiger partial charge in [0.15, 0.2) is 0 Å². The molecule has 1 aromatic rings. The number of nitrogens with zero attached hydrogens (tertiary/aromatic N) is 1. The largest absolute Gasteiger partial charge is 0.341 e. The van der Waals surface area contributed by atoms with E-state index in [1.807, 2.05) is 78.0 Å². The van der Waals surface area contributed by atoms with E-state index < -0.39 is 0 Å². The minimum atomic E-state index is 0.698. The monoisotopic (exact) mass is 329 g/mol. The Balaban J connectivity index is 0. The van der Waals surface area contributed by atoms with Crippen molar-refractivity contribution >= 4 is 12.0 Å². The molecule has 0 unspecified atom stereocenters. The maximum atomic E-state index is 10.7. The average molecular weight is 330 g/mol. The van der Waals surface area contributed by atoms with E-state index in [0.29, 0.717) is 5.56 Å². The summed E-state index contributed by atoms with van der Waals surface area (Å²) < 4.78 is 0. The number of carbonyl (C=O) groups is 1. The van der Waals surface area contributed by atoms with E-state index in [-0.39, 0.29) is 0 Å². The number of aldehydes is 1. The SMILES string of the molecule is C=CC1=C(C=C)N(c2ccc(C=O)cc2)CCC1.CC.CC.CC. The van der Waals surface area contributed by atoms with Crippen LogP contribution in [-0.4, -0.2) is 12.8 Å². The average Bonchev–Trinajstić information content (AvgIpc) is 2.71. The molecule has 0 atom stereocenters. The molecule has 0 aromatic heterocycles. The van der Waals surface area contributed by atoms with Crippen LogP contribution >= 0.6 is 0 Å². The molecule has 2 nitrogen and oxygen atoms in total. The minimum absolute atomic E-state index is 0.698. The van der Waals surface area contributed by atoms with Crippen LogP contribution in [0, 0.1) is 0 Å². The van der Waals surface area contributed by atoms with E-state index in [1.165, 1.54) is 5.57 Å². The van der Waals surface area contributed by atoms with Crippen LogP contribution in [0.2, 0.25) is 0 Å². The summed E-state index contributed by atoms with van der Waals surface area (Å²) in [6.07, 6.45) is 6.80.